The fourth-order valence-electron chi connectivity index (χ4n) is 2.44. The summed E-state index contributed by atoms with van der Waals surface area (Å²) >= 11 is 1.77. The molecule has 0 aromatic carbocycles. The van der Waals surface area contributed by atoms with Crippen LogP contribution < -0.4 is 5.73 Å². The van der Waals surface area contributed by atoms with Crippen LogP contribution in [-0.2, 0) is 11.2 Å². The quantitative estimate of drug-likeness (QED) is 0.888. The molecule has 100 valence electrons. The highest BCUT2D eigenvalue weighted by molar-refractivity contribution is 7.09. The number of nitrogens with zero attached hydrogens (tertiary/aromatic N) is 1. The van der Waals surface area contributed by atoms with Gasteiger partial charge in [-0.1, -0.05) is 6.07 Å². The van der Waals surface area contributed by atoms with Crippen LogP contribution in [0.2, 0.25) is 0 Å². The molecule has 2 rings (SSSR count). The molecule has 1 aliphatic rings. The number of piperidine rings is 1. The normalized spacial score (nSPS) is 17.1. The van der Waals surface area contributed by atoms with E-state index in [1.165, 1.54) is 4.88 Å². The molecule has 1 fully saturated rings. The zero-order valence-electron chi connectivity index (χ0n) is 10.8. The van der Waals surface area contributed by atoms with Crippen LogP contribution in [0.3, 0.4) is 0 Å². The smallest absolute Gasteiger partial charge is 0.222 e. The summed E-state index contributed by atoms with van der Waals surface area (Å²) in [7, 11) is 0. The highest BCUT2D eigenvalue weighted by atomic mass is 32.1. The summed E-state index contributed by atoms with van der Waals surface area (Å²) in [4.78, 5) is 15.4. The summed E-state index contributed by atoms with van der Waals surface area (Å²) in [6, 6.07) is 4.21. The molecule has 1 aliphatic heterocycles. The van der Waals surface area contributed by atoms with Gasteiger partial charge in [0.05, 0.1) is 0 Å². The van der Waals surface area contributed by atoms with Crippen molar-refractivity contribution in [3.8, 4) is 0 Å². The number of rotatable bonds is 5. The van der Waals surface area contributed by atoms with Crippen molar-refractivity contribution in [2.75, 3.05) is 19.6 Å². The molecule has 1 aromatic rings. The predicted molar refractivity (Wildman–Crippen MR) is 75.6 cm³/mol. The lowest BCUT2D eigenvalue weighted by atomic mass is 9.97. The van der Waals surface area contributed by atoms with Gasteiger partial charge in [-0.2, -0.15) is 0 Å². The first-order valence-electron chi connectivity index (χ1n) is 6.80. The first-order valence-corrected chi connectivity index (χ1v) is 7.68. The summed E-state index contributed by atoms with van der Waals surface area (Å²) in [5.74, 6) is 0.946. The van der Waals surface area contributed by atoms with Gasteiger partial charge in [0.15, 0.2) is 0 Å². The number of hydrogen-bond acceptors (Lipinski definition) is 3. The number of carbonyl (C=O) groups is 1. The van der Waals surface area contributed by atoms with Gasteiger partial charge in [0.1, 0.15) is 0 Å². The number of thiophene rings is 1. The third-order valence-electron chi connectivity index (χ3n) is 3.69. The van der Waals surface area contributed by atoms with E-state index in [4.69, 9.17) is 5.73 Å². The highest BCUT2D eigenvalue weighted by Gasteiger charge is 2.21. The SMILES string of the molecule is NCC1CCN(C(=O)CCCc2cccs2)CC1. The molecule has 2 heterocycles. The Morgan fingerprint density at radius 3 is 2.83 bits per heavy atom. The fourth-order valence-corrected chi connectivity index (χ4v) is 3.20. The molecule has 18 heavy (non-hydrogen) atoms. The van der Waals surface area contributed by atoms with E-state index in [1.54, 1.807) is 11.3 Å². The second-order valence-corrected chi connectivity index (χ2v) is 6.03. The van der Waals surface area contributed by atoms with Gasteiger partial charge in [-0.25, -0.2) is 0 Å². The van der Waals surface area contributed by atoms with Gasteiger partial charge < -0.3 is 10.6 Å². The monoisotopic (exact) mass is 266 g/mol. The number of amides is 1. The third-order valence-corrected chi connectivity index (χ3v) is 4.63. The van der Waals surface area contributed by atoms with Crippen molar-refractivity contribution in [3.63, 3.8) is 0 Å². The maximum Gasteiger partial charge on any atom is 0.222 e. The van der Waals surface area contributed by atoms with Gasteiger partial charge in [0.2, 0.25) is 5.91 Å². The molecule has 0 bridgehead atoms. The van der Waals surface area contributed by atoms with Gasteiger partial charge in [0.25, 0.3) is 0 Å². The number of nitrogens with two attached hydrogens (primary N) is 1. The number of likely N-dealkylation sites (tertiary alicyclic amines) is 1. The first kappa shape index (κ1) is 13.6. The molecule has 0 atom stereocenters. The molecular weight excluding hydrogens is 244 g/mol. The summed E-state index contributed by atoms with van der Waals surface area (Å²) < 4.78 is 0. The Labute approximate surface area is 113 Å². The molecule has 1 amide bonds. The van der Waals surface area contributed by atoms with E-state index in [1.807, 2.05) is 4.90 Å². The minimum atomic E-state index is 0.321. The highest BCUT2D eigenvalue weighted by Crippen LogP contribution is 2.18. The molecule has 2 N–H and O–H groups in total. The van der Waals surface area contributed by atoms with Crippen LogP contribution >= 0.6 is 11.3 Å². The summed E-state index contributed by atoms with van der Waals surface area (Å²) in [6.45, 7) is 2.57. The zero-order chi connectivity index (χ0) is 12.8. The molecule has 1 saturated heterocycles. The van der Waals surface area contributed by atoms with Gasteiger partial charge in [-0.15, -0.1) is 11.3 Å². The van der Waals surface area contributed by atoms with Crippen LogP contribution in [0.5, 0.6) is 0 Å². The Bertz CT molecular complexity index is 356. The van der Waals surface area contributed by atoms with E-state index in [-0.39, 0.29) is 0 Å². The summed E-state index contributed by atoms with van der Waals surface area (Å²) in [5, 5.41) is 2.09. The zero-order valence-corrected chi connectivity index (χ0v) is 11.6. The predicted octanol–water partition coefficient (Wildman–Crippen LogP) is 2.27. The Kier molecular flexibility index (Phi) is 5.20. The van der Waals surface area contributed by atoms with Crippen molar-refractivity contribution in [1.29, 1.82) is 0 Å². The van der Waals surface area contributed by atoms with Crippen LogP contribution in [0.4, 0.5) is 0 Å². The fraction of sp³-hybridized carbons (Fsp3) is 0.643. The average Bonchev–Trinajstić information content (AvgIpc) is 2.92. The number of aryl methyl sites for hydroxylation is 1. The van der Waals surface area contributed by atoms with Gasteiger partial charge >= 0.3 is 0 Å². The largest absolute Gasteiger partial charge is 0.343 e. The van der Waals surface area contributed by atoms with Crippen molar-refractivity contribution in [3.05, 3.63) is 22.4 Å². The maximum atomic E-state index is 12.0. The van der Waals surface area contributed by atoms with E-state index < -0.39 is 0 Å². The molecule has 0 unspecified atom stereocenters. The summed E-state index contributed by atoms with van der Waals surface area (Å²) in [5.41, 5.74) is 5.66. The third kappa shape index (κ3) is 3.82. The van der Waals surface area contributed by atoms with Gasteiger partial charge in [0, 0.05) is 24.4 Å². The van der Waals surface area contributed by atoms with Crippen molar-refractivity contribution >= 4 is 17.2 Å². The van der Waals surface area contributed by atoms with Crippen LogP contribution in [-0.4, -0.2) is 30.4 Å². The molecular formula is C14H22N2OS. The van der Waals surface area contributed by atoms with Crippen molar-refractivity contribution in [1.82, 2.24) is 4.90 Å². The van der Waals surface area contributed by atoms with Crippen LogP contribution in [0, 0.1) is 5.92 Å². The van der Waals surface area contributed by atoms with E-state index in [0.717, 1.165) is 45.3 Å². The summed E-state index contributed by atoms with van der Waals surface area (Å²) in [6.07, 6.45) is 4.84. The van der Waals surface area contributed by atoms with E-state index >= 15 is 0 Å². The molecule has 0 saturated carbocycles. The number of hydrogen-bond donors (Lipinski definition) is 1. The molecule has 0 spiro atoms. The topological polar surface area (TPSA) is 46.3 Å². The lowest BCUT2D eigenvalue weighted by Gasteiger charge is -2.31. The molecule has 0 radical (unpaired) electrons. The lowest BCUT2D eigenvalue weighted by Crippen LogP contribution is -2.39. The molecule has 1 aromatic heterocycles. The van der Waals surface area contributed by atoms with Crippen LogP contribution in [0.1, 0.15) is 30.6 Å². The van der Waals surface area contributed by atoms with Crippen molar-refractivity contribution in [2.45, 2.75) is 32.1 Å². The maximum absolute atomic E-state index is 12.0. The Hall–Kier alpha value is -0.870. The molecule has 4 heteroatoms. The van der Waals surface area contributed by atoms with Gasteiger partial charge in [-0.3, -0.25) is 4.79 Å². The van der Waals surface area contributed by atoms with Crippen molar-refractivity contribution in [2.24, 2.45) is 11.7 Å². The second-order valence-electron chi connectivity index (χ2n) is 4.99. The van der Waals surface area contributed by atoms with Gasteiger partial charge in [-0.05, 0) is 49.6 Å². The van der Waals surface area contributed by atoms with Crippen LogP contribution in [0.15, 0.2) is 17.5 Å². The molecule has 3 nitrogen and oxygen atoms in total. The van der Waals surface area contributed by atoms with Crippen molar-refractivity contribution < 1.29 is 4.79 Å². The first-order chi connectivity index (χ1) is 8.79. The average molecular weight is 266 g/mol. The van der Waals surface area contributed by atoms with E-state index in [9.17, 15) is 4.79 Å². The molecule has 0 aliphatic carbocycles. The lowest BCUT2D eigenvalue weighted by molar-refractivity contribution is -0.132. The Morgan fingerprint density at radius 1 is 1.44 bits per heavy atom. The standard InChI is InChI=1S/C14H22N2OS/c15-11-12-6-8-16(9-7-12)14(17)5-1-3-13-4-2-10-18-13/h2,4,10,12H,1,3,5-9,11,15H2. The van der Waals surface area contributed by atoms with E-state index in [2.05, 4.69) is 17.5 Å². The number of carbonyl (C=O) groups excluding carboxylic acids is 1. The van der Waals surface area contributed by atoms with E-state index in [0.29, 0.717) is 18.2 Å². The minimum absolute atomic E-state index is 0.321. The second kappa shape index (κ2) is 6.90. The Morgan fingerprint density at radius 2 is 2.22 bits per heavy atom. The van der Waals surface area contributed by atoms with Crippen LogP contribution in [0.25, 0.3) is 0 Å². The minimum Gasteiger partial charge on any atom is -0.343 e. The Balaban J connectivity index is 1.66.